The van der Waals surface area contributed by atoms with E-state index in [1.54, 1.807) is 11.3 Å². The third kappa shape index (κ3) is 2.36. The van der Waals surface area contributed by atoms with Gasteiger partial charge in [-0.1, -0.05) is 80.6 Å². The molecule has 0 radical (unpaired) electrons. The van der Waals surface area contributed by atoms with E-state index >= 15 is 0 Å². The molecule has 35 heavy (non-hydrogen) atoms. The van der Waals surface area contributed by atoms with Gasteiger partial charge in [0.15, 0.2) is 0 Å². The van der Waals surface area contributed by atoms with Gasteiger partial charge in [0.1, 0.15) is 0 Å². The Morgan fingerprint density at radius 3 is 2.49 bits per heavy atom. The second kappa shape index (κ2) is 6.59. The highest BCUT2D eigenvalue weighted by atomic mass is 32.1. The molecule has 0 fully saturated rings. The van der Waals surface area contributed by atoms with E-state index in [2.05, 4.69) is 114 Å². The van der Waals surface area contributed by atoms with Gasteiger partial charge in [0.25, 0.3) is 0 Å². The minimum Gasteiger partial charge on any atom is -0.308 e. The molecule has 0 amide bonds. The van der Waals surface area contributed by atoms with Crippen molar-refractivity contribution in [1.29, 1.82) is 0 Å². The fourth-order valence-corrected chi connectivity index (χ4v) is 7.24. The van der Waals surface area contributed by atoms with Crippen LogP contribution in [0.5, 0.6) is 0 Å². The van der Waals surface area contributed by atoms with E-state index in [9.17, 15) is 0 Å². The Kier molecular flexibility index (Phi) is 3.64. The molecule has 0 atom stereocenters. The number of nitrogens with zero attached hydrogens (tertiary/aromatic N) is 2. The van der Waals surface area contributed by atoms with Crippen molar-refractivity contribution in [2.24, 2.45) is 0 Å². The van der Waals surface area contributed by atoms with E-state index < -0.39 is 0 Å². The van der Waals surface area contributed by atoms with Crippen LogP contribution in [0, 0.1) is 0 Å². The van der Waals surface area contributed by atoms with Crippen molar-refractivity contribution in [3.8, 4) is 16.8 Å². The highest BCUT2D eigenvalue weighted by Crippen LogP contribution is 2.55. The first-order valence-electron chi connectivity index (χ1n) is 12.1. The van der Waals surface area contributed by atoms with Gasteiger partial charge in [-0.2, -0.15) is 0 Å². The molecule has 2 nitrogen and oxygen atoms in total. The summed E-state index contributed by atoms with van der Waals surface area (Å²) in [5, 5.41) is 5.32. The molecule has 2 heterocycles. The number of thiazole rings is 1. The van der Waals surface area contributed by atoms with Crippen molar-refractivity contribution in [1.82, 2.24) is 9.55 Å². The monoisotopic (exact) mass is 466 g/mol. The minimum atomic E-state index is -0.0976. The topological polar surface area (TPSA) is 17.8 Å². The Morgan fingerprint density at radius 2 is 1.57 bits per heavy atom. The van der Waals surface area contributed by atoms with Gasteiger partial charge in [-0.3, -0.25) is 0 Å². The number of benzene rings is 5. The predicted octanol–water partition coefficient (Wildman–Crippen LogP) is 8.85. The largest absolute Gasteiger partial charge is 0.308 e. The zero-order valence-electron chi connectivity index (χ0n) is 19.5. The van der Waals surface area contributed by atoms with Crippen LogP contribution in [0.3, 0.4) is 0 Å². The van der Waals surface area contributed by atoms with Gasteiger partial charge >= 0.3 is 0 Å². The molecule has 1 aliphatic rings. The van der Waals surface area contributed by atoms with E-state index in [0.717, 1.165) is 5.52 Å². The fourth-order valence-electron chi connectivity index (χ4n) is 6.44. The Bertz CT molecular complexity index is 1990. The summed E-state index contributed by atoms with van der Waals surface area (Å²) in [6.45, 7) is 4.78. The van der Waals surface area contributed by atoms with E-state index in [1.165, 1.54) is 65.2 Å². The third-order valence-electron chi connectivity index (χ3n) is 7.91. The number of para-hydroxylation sites is 1. The average Bonchev–Trinajstić information content (AvgIpc) is 3.55. The van der Waals surface area contributed by atoms with Gasteiger partial charge in [0, 0.05) is 16.2 Å². The Hall–Kier alpha value is -3.95. The van der Waals surface area contributed by atoms with Crippen LogP contribution < -0.4 is 0 Å². The number of rotatable bonds is 1. The lowest BCUT2D eigenvalue weighted by atomic mass is 9.80. The summed E-state index contributed by atoms with van der Waals surface area (Å²) in [5.41, 5.74) is 12.2. The van der Waals surface area contributed by atoms with Crippen molar-refractivity contribution in [2.75, 3.05) is 0 Å². The molecular formula is C32H22N2S. The highest BCUT2D eigenvalue weighted by molar-refractivity contribution is 7.17. The Morgan fingerprint density at radius 1 is 0.743 bits per heavy atom. The lowest BCUT2D eigenvalue weighted by molar-refractivity contribution is 0.667. The normalized spacial score (nSPS) is 14.2. The SMILES string of the molecule is CC1(C)c2ccc3ccccc3c2-c2ccc3c(c21)c1ccccc1n3-c1cccc2ncsc12. The van der Waals surface area contributed by atoms with Crippen LogP contribution in [0.1, 0.15) is 25.0 Å². The summed E-state index contributed by atoms with van der Waals surface area (Å²) < 4.78 is 3.67. The summed E-state index contributed by atoms with van der Waals surface area (Å²) in [6, 6.07) is 33.4. The van der Waals surface area contributed by atoms with Crippen molar-refractivity contribution in [3.63, 3.8) is 0 Å². The van der Waals surface area contributed by atoms with Crippen LogP contribution in [0.4, 0.5) is 0 Å². The molecule has 0 spiro atoms. The zero-order chi connectivity index (χ0) is 23.3. The van der Waals surface area contributed by atoms with Crippen molar-refractivity contribution in [3.05, 3.63) is 108 Å². The number of fused-ring (bicyclic) bond motifs is 10. The van der Waals surface area contributed by atoms with E-state index in [0.29, 0.717) is 0 Å². The molecule has 3 heteroatoms. The third-order valence-corrected chi connectivity index (χ3v) is 8.78. The Labute approximate surface area is 207 Å². The molecule has 0 bridgehead atoms. The van der Waals surface area contributed by atoms with Crippen LogP contribution in [-0.2, 0) is 5.41 Å². The van der Waals surface area contributed by atoms with Gasteiger partial charge in [0.05, 0.1) is 32.4 Å². The Balaban J connectivity index is 1.57. The van der Waals surface area contributed by atoms with E-state index in [-0.39, 0.29) is 5.41 Å². The van der Waals surface area contributed by atoms with Gasteiger partial charge < -0.3 is 4.57 Å². The second-order valence-electron chi connectivity index (χ2n) is 10.0. The van der Waals surface area contributed by atoms with Crippen LogP contribution in [-0.4, -0.2) is 9.55 Å². The molecule has 5 aromatic carbocycles. The van der Waals surface area contributed by atoms with Gasteiger partial charge in [-0.25, -0.2) is 4.98 Å². The smallest absolute Gasteiger partial charge is 0.0833 e. The first-order chi connectivity index (χ1) is 17.1. The molecule has 0 saturated carbocycles. The molecule has 1 aliphatic carbocycles. The highest BCUT2D eigenvalue weighted by Gasteiger charge is 2.39. The molecule has 0 unspecified atom stereocenters. The summed E-state index contributed by atoms with van der Waals surface area (Å²) in [7, 11) is 0. The molecule has 166 valence electrons. The lowest BCUT2D eigenvalue weighted by Crippen LogP contribution is -2.15. The number of hydrogen-bond donors (Lipinski definition) is 0. The molecule has 2 aromatic heterocycles. The molecule has 0 saturated heterocycles. The van der Waals surface area contributed by atoms with Crippen LogP contribution >= 0.6 is 11.3 Å². The predicted molar refractivity (Wildman–Crippen MR) is 149 cm³/mol. The zero-order valence-corrected chi connectivity index (χ0v) is 20.4. The number of aromatic nitrogens is 2. The van der Waals surface area contributed by atoms with E-state index in [4.69, 9.17) is 0 Å². The van der Waals surface area contributed by atoms with Crippen molar-refractivity contribution in [2.45, 2.75) is 19.3 Å². The maximum absolute atomic E-state index is 4.59. The quantitative estimate of drug-likeness (QED) is 0.236. The lowest BCUT2D eigenvalue weighted by Gasteiger charge is -2.23. The van der Waals surface area contributed by atoms with Gasteiger partial charge in [0.2, 0.25) is 0 Å². The second-order valence-corrected chi connectivity index (χ2v) is 10.9. The number of hydrogen-bond acceptors (Lipinski definition) is 2. The first kappa shape index (κ1) is 19.4. The maximum Gasteiger partial charge on any atom is 0.0833 e. The van der Waals surface area contributed by atoms with Crippen LogP contribution in [0.2, 0.25) is 0 Å². The summed E-state index contributed by atoms with van der Waals surface area (Å²) in [5.74, 6) is 0. The van der Waals surface area contributed by atoms with Crippen molar-refractivity contribution >= 4 is 54.1 Å². The maximum atomic E-state index is 4.59. The molecule has 0 N–H and O–H groups in total. The van der Waals surface area contributed by atoms with Crippen molar-refractivity contribution < 1.29 is 0 Å². The molecular weight excluding hydrogens is 444 g/mol. The fraction of sp³-hybridized carbons (Fsp3) is 0.0938. The summed E-state index contributed by atoms with van der Waals surface area (Å²) in [4.78, 5) is 4.59. The average molecular weight is 467 g/mol. The first-order valence-corrected chi connectivity index (χ1v) is 12.9. The van der Waals surface area contributed by atoms with Gasteiger partial charge in [-0.05, 0) is 57.3 Å². The molecule has 7 aromatic rings. The molecule has 0 aliphatic heterocycles. The summed E-state index contributed by atoms with van der Waals surface area (Å²) >= 11 is 1.71. The summed E-state index contributed by atoms with van der Waals surface area (Å²) in [6.07, 6.45) is 0. The van der Waals surface area contributed by atoms with E-state index in [1.807, 2.05) is 5.51 Å². The van der Waals surface area contributed by atoms with Crippen LogP contribution in [0.15, 0.2) is 96.5 Å². The minimum absolute atomic E-state index is 0.0976. The standard InChI is InChI=1S/C32H22N2S/c1-32(2)23-16-14-19-8-3-4-9-20(19)28(23)22-15-17-26-29(30(22)32)21-10-5-6-12-25(21)34(26)27-13-7-11-24-31(27)35-18-33-24/h3-18H,1-2H3. The van der Waals surface area contributed by atoms with Crippen LogP contribution in [0.25, 0.3) is 59.6 Å². The van der Waals surface area contributed by atoms with Gasteiger partial charge in [-0.15, -0.1) is 11.3 Å². The molecule has 8 rings (SSSR count).